The van der Waals surface area contributed by atoms with Gasteiger partial charge in [-0.15, -0.1) is 0 Å². The van der Waals surface area contributed by atoms with Crippen molar-refractivity contribution in [1.82, 2.24) is 4.90 Å². The quantitative estimate of drug-likeness (QED) is 0.875. The molecule has 1 fully saturated rings. The van der Waals surface area contributed by atoms with Gasteiger partial charge in [-0.3, -0.25) is 4.79 Å². The molecule has 0 aliphatic carbocycles. The minimum atomic E-state index is -0.903. The van der Waals surface area contributed by atoms with Gasteiger partial charge in [0.2, 0.25) is 0 Å². The molecule has 2 amide bonds. The highest BCUT2D eigenvalue weighted by molar-refractivity contribution is 9.10. The molecule has 0 saturated carbocycles. The molecule has 1 aliphatic rings. The average molecular weight is 352 g/mol. The van der Waals surface area contributed by atoms with Gasteiger partial charge in [0.15, 0.2) is 0 Å². The van der Waals surface area contributed by atoms with Crippen molar-refractivity contribution in [3.63, 3.8) is 0 Å². The number of hydrogen-bond acceptors (Lipinski definition) is 3. The zero-order valence-electron chi connectivity index (χ0n) is 11.2. The van der Waals surface area contributed by atoms with E-state index in [2.05, 4.69) is 21.2 Å². The van der Waals surface area contributed by atoms with Crippen LogP contribution in [0.1, 0.15) is 24.8 Å². The highest BCUT2D eigenvalue weighted by Crippen LogP contribution is 2.26. The fraction of sp³-hybridized carbons (Fsp3) is 0.357. The number of carbonyl (C=O) groups excluding carboxylic acids is 1. The zero-order chi connectivity index (χ0) is 15.4. The van der Waals surface area contributed by atoms with Gasteiger partial charge in [0, 0.05) is 17.1 Å². The van der Waals surface area contributed by atoms with E-state index in [0.717, 1.165) is 6.42 Å². The fourth-order valence-electron chi connectivity index (χ4n) is 2.39. The first kappa shape index (κ1) is 15.3. The van der Waals surface area contributed by atoms with E-state index in [-0.39, 0.29) is 18.5 Å². The summed E-state index contributed by atoms with van der Waals surface area (Å²) >= 11 is 3.30. The molecule has 1 unspecified atom stereocenters. The van der Waals surface area contributed by atoms with E-state index < -0.39 is 5.97 Å². The molecule has 1 heterocycles. The first-order chi connectivity index (χ1) is 10.0. The highest BCUT2D eigenvalue weighted by Gasteiger charge is 2.30. The molecule has 1 aliphatic heterocycles. The number of likely N-dealkylation sites (tertiary alicyclic amines) is 1. The van der Waals surface area contributed by atoms with Crippen LogP contribution in [0.3, 0.4) is 0 Å². The second-order valence-electron chi connectivity index (χ2n) is 4.82. The molecule has 7 heteroatoms. The summed E-state index contributed by atoms with van der Waals surface area (Å²) in [6, 6.07) is 6.31. The molecule has 21 heavy (non-hydrogen) atoms. The molecule has 1 atom stereocenters. The van der Waals surface area contributed by atoms with Crippen molar-refractivity contribution in [2.75, 3.05) is 11.9 Å². The Hall–Kier alpha value is -2.07. The van der Waals surface area contributed by atoms with Crippen molar-refractivity contribution >= 4 is 33.6 Å². The molecule has 1 aromatic rings. The van der Waals surface area contributed by atoms with Gasteiger partial charge in [-0.2, -0.15) is 5.26 Å². The summed E-state index contributed by atoms with van der Waals surface area (Å²) < 4.78 is 0.615. The Morgan fingerprint density at radius 1 is 1.52 bits per heavy atom. The molecular weight excluding hydrogens is 338 g/mol. The van der Waals surface area contributed by atoms with Crippen LogP contribution in [0.15, 0.2) is 22.7 Å². The van der Waals surface area contributed by atoms with Crippen LogP contribution in [0, 0.1) is 11.3 Å². The van der Waals surface area contributed by atoms with Crippen LogP contribution in [-0.2, 0) is 4.79 Å². The number of rotatable bonds is 3. The largest absolute Gasteiger partial charge is 0.481 e. The fourth-order valence-corrected chi connectivity index (χ4v) is 2.87. The SMILES string of the molecule is N#Cc1ccc(NC(=O)N2CCCC2CC(=O)O)c(Br)c1. The average Bonchev–Trinajstić information content (AvgIpc) is 2.88. The lowest BCUT2D eigenvalue weighted by Gasteiger charge is -2.24. The number of amides is 2. The third-order valence-electron chi connectivity index (χ3n) is 3.39. The van der Waals surface area contributed by atoms with E-state index in [1.165, 1.54) is 0 Å². The maximum absolute atomic E-state index is 12.2. The van der Waals surface area contributed by atoms with Gasteiger partial charge in [0.25, 0.3) is 0 Å². The summed E-state index contributed by atoms with van der Waals surface area (Å²) in [7, 11) is 0. The number of benzene rings is 1. The molecule has 0 spiro atoms. The number of aliphatic carboxylic acids is 1. The predicted octanol–water partition coefficient (Wildman–Crippen LogP) is 2.79. The number of carboxylic acid groups (broad SMARTS) is 1. The van der Waals surface area contributed by atoms with Crippen molar-refractivity contribution in [3.05, 3.63) is 28.2 Å². The summed E-state index contributed by atoms with van der Waals surface area (Å²) in [5, 5.41) is 20.4. The minimum absolute atomic E-state index is 0.0397. The van der Waals surface area contributed by atoms with Gasteiger partial charge in [-0.25, -0.2) is 4.79 Å². The smallest absolute Gasteiger partial charge is 0.322 e. The van der Waals surface area contributed by atoms with Gasteiger partial charge in [0.05, 0.1) is 23.7 Å². The maximum Gasteiger partial charge on any atom is 0.322 e. The lowest BCUT2D eigenvalue weighted by atomic mass is 10.1. The molecular formula is C14H14BrN3O3. The number of anilines is 1. The third-order valence-corrected chi connectivity index (χ3v) is 4.04. The van der Waals surface area contributed by atoms with Crippen molar-refractivity contribution in [1.29, 1.82) is 5.26 Å². The number of carboxylic acids is 1. The van der Waals surface area contributed by atoms with Gasteiger partial charge in [-0.1, -0.05) is 0 Å². The molecule has 0 radical (unpaired) electrons. The van der Waals surface area contributed by atoms with Crippen LogP contribution in [0.4, 0.5) is 10.5 Å². The van der Waals surface area contributed by atoms with Crippen LogP contribution in [-0.4, -0.2) is 34.6 Å². The van der Waals surface area contributed by atoms with Crippen LogP contribution in [0.25, 0.3) is 0 Å². The lowest BCUT2D eigenvalue weighted by molar-refractivity contribution is -0.137. The molecule has 1 aromatic carbocycles. The Morgan fingerprint density at radius 2 is 2.29 bits per heavy atom. The number of hydrogen-bond donors (Lipinski definition) is 2. The van der Waals surface area contributed by atoms with E-state index >= 15 is 0 Å². The number of halogens is 1. The number of carbonyl (C=O) groups is 2. The van der Waals surface area contributed by atoms with Crippen LogP contribution >= 0.6 is 15.9 Å². The third kappa shape index (κ3) is 3.73. The van der Waals surface area contributed by atoms with E-state index in [0.29, 0.717) is 28.7 Å². The number of nitrogens with zero attached hydrogens (tertiary/aromatic N) is 2. The molecule has 6 nitrogen and oxygen atoms in total. The van der Waals surface area contributed by atoms with Crippen LogP contribution in [0.2, 0.25) is 0 Å². The second-order valence-corrected chi connectivity index (χ2v) is 5.68. The Kier molecular flexibility index (Phi) is 4.81. The number of nitriles is 1. The zero-order valence-corrected chi connectivity index (χ0v) is 12.8. The Labute approximate surface area is 130 Å². The molecule has 0 bridgehead atoms. The highest BCUT2D eigenvalue weighted by atomic mass is 79.9. The van der Waals surface area contributed by atoms with E-state index in [1.807, 2.05) is 6.07 Å². The van der Waals surface area contributed by atoms with Gasteiger partial charge in [-0.05, 0) is 47.0 Å². The van der Waals surface area contributed by atoms with Gasteiger partial charge < -0.3 is 15.3 Å². The molecule has 1 saturated heterocycles. The van der Waals surface area contributed by atoms with E-state index in [9.17, 15) is 9.59 Å². The van der Waals surface area contributed by atoms with Gasteiger partial charge in [0.1, 0.15) is 0 Å². The predicted molar refractivity (Wildman–Crippen MR) is 79.9 cm³/mol. The molecule has 0 aromatic heterocycles. The van der Waals surface area contributed by atoms with Crippen LogP contribution in [0.5, 0.6) is 0 Å². The molecule has 2 rings (SSSR count). The Morgan fingerprint density at radius 3 is 2.90 bits per heavy atom. The first-order valence-electron chi connectivity index (χ1n) is 6.50. The number of nitrogens with one attached hydrogen (secondary N) is 1. The summed E-state index contributed by atoms with van der Waals surface area (Å²) in [6.45, 7) is 0.553. The number of urea groups is 1. The van der Waals surface area contributed by atoms with Crippen molar-refractivity contribution in [3.8, 4) is 6.07 Å². The van der Waals surface area contributed by atoms with Crippen molar-refractivity contribution in [2.24, 2.45) is 0 Å². The monoisotopic (exact) mass is 351 g/mol. The maximum atomic E-state index is 12.2. The van der Waals surface area contributed by atoms with E-state index in [4.69, 9.17) is 10.4 Å². The van der Waals surface area contributed by atoms with Gasteiger partial charge >= 0.3 is 12.0 Å². The normalized spacial score (nSPS) is 17.3. The summed E-state index contributed by atoms with van der Waals surface area (Å²) in [6.07, 6.45) is 1.47. The summed E-state index contributed by atoms with van der Waals surface area (Å²) in [5.74, 6) is -0.903. The topological polar surface area (TPSA) is 93.4 Å². The Bertz CT molecular complexity index is 612. The molecule has 2 N–H and O–H groups in total. The van der Waals surface area contributed by atoms with E-state index in [1.54, 1.807) is 23.1 Å². The molecule has 110 valence electrons. The first-order valence-corrected chi connectivity index (χ1v) is 7.29. The minimum Gasteiger partial charge on any atom is -0.481 e. The summed E-state index contributed by atoms with van der Waals surface area (Å²) in [4.78, 5) is 24.6. The summed E-state index contributed by atoms with van der Waals surface area (Å²) in [5.41, 5.74) is 1.05. The Balaban J connectivity index is 2.07. The van der Waals surface area contributed by atoms with Crippen molar-refractivity contribution in [2.45, 2.75) is 25.3 Å². The standard InChI is InChI=1S/C14H14BrN3O3/c15-11-6-9(8-16)3-4-12(11)17-14(21)18-5-1-2-10(18)7-13(19)20/h3-4,6,10H,1-2,5,7H2,(H,17,21)(H,19,20). The second kappa shape index (κ2) is 6.59. The van der Waals surface area contributed by atoms with Crippen LogP contribution < -0.4 is 5.32 Å². The van der Waals surface area contributed by atoms with Crippen molar-refractivity contribution < 1.29 is 14.7 Å². The lowest BCUT2D eigenvalue weighted by Crippen LogP contribution is -2.39.